The first-order valence-corrected chi connectivity index (χ1v) is 4.15. The van der Waals surface area contributed by atoms with E-state index >= 15 is 0 Å². The predicted molar refractivity (Wildman–Crippen MR) is 74.9 cm³/mol. The molecule has 80 valence electrons. The normalized spacial score (nSPS) is 10.6. The van der Waals surface area contributed by atoms with Crippen LogP contribution in [0.1, 0.15) is 6.99 Å². The van der Waals surface area contributed by atoms with Crippen LogP contribution >= 0.6 is 24.0 Å². The van der Waals surface area contributed by atoms with E-state index < -0.39 is 0 Å². The van der Waals surface area contributed by atoms with E-state index in [-0.39, 0.29) is 25.4 Å². The maximum atomic E-state index is 5.69. The molecule has 0 atom stereocenters. The zero-order valence-corrected chi connectivity index (χ0v) is 11.0. The van der Waals surface area contributed by atoms with E-state index in [9.17, 15) is 0 Å². The van der Waals surface area contributed by atoms with Crippen LogP contribution in [0.3, 0.4) is 0 Å². The molecular formula is C10H18IN3. The Bertz CT molecular complexity index is 326. The molecule has 0 aliphatic rings. The molecule has 0 aliphatic carbocycles. The van der Waals surface area contributed by atoms with E-state index in [0.29, 0.717) is 5.84 Å². The van der Waals surface area contributed by atoms with Crippen molar-refractivity contribution in [2.45, 2.75) is 0 Å². The Labute approximate surface area is 104 Å². The third kappa shape index (κ3) is 3.17. The summed E-state index contributed by atoms with van der Waals surface area (Å²) in [5, 5.41) is 0. The Hall–Kier alpha value is -0.780. The van der Waals surface area contributed by atoms with Gasteiger partial charge in [-0.3, -0.25) is 4.99 Å². The minimum Gasteiger partial charge on any atom is -0.384 e. The molecule has 0 saturated heterocycles. The molecule has 0 amide bonds. The Morgan fingerprint density at radius 2 is 2.07 bits per heavy atom. The second-order valence-electron chi connectivity index (χ2n) is 3.05. The minimum atomic E-state index is 0. The van der Waals surface area contributed by atoms with Gasteiger partial charge in [-0.2, -0.15) is 0 Å². The molecule has 0 unspecified atom stereocenters. The number of halogens is 1. The monoisotopic (exact) mass is 307 g/mol. The van der Waals surface area contributed by atoms with Crippen LogP contribution in [0.5, 0.6) is 0 Å². The SMILES string of the molecule is CN=C(N)c1cccc(N(C)C)c1.I.[HH]. The number of hydrogen-bond donors (Lipinski definition) is 1. The van der Waals surface area contributed by atoms with Crippen LogP contribution in [0.15, 0.2) is 29.3 Å². The van der Waals surface area contributed by atoms with Gasteiger partial charge in [-0.1, -0.05) is 12.1 Å². The number of amidine groups is 1. The Balaban J connectivity index is 0. The summed E-state index contributed by atoms with van der Waals surface area (Å²) >= 11 is 0. The van der Waals surface area contributed by atoms with Crippen molar-refractivity contribution in [1.29, 1.82) is 0 Å². The van der Waals surface area contributed by atoms with E-state index in [0.717, 1.165) is 11.3 Å². The van der Waals surface area contributed by atoms with E-state index in [1.807, 2.05) is 43.3 Å². The Morgan fingerprint density at radius 3 is 2.57 bits per heavy atom. The average molecular weight is 307 g/mol. The summed E-state index contributed by atoms with van der Waals surface area (Å²) in [6.07, 6.45) is 0. The second-order valence-corrected chi connectivity index (χ2v) is 3.05. The highest BCUT2D eigenvalue weighted by molar-refractivity contribution is 14.0. The predicted octanol–water partition coefficient (Wildman–Crippen LogP) is 1.95. The van der Waals surface area contributed by atoms with Crippen LogP contribution in [0, 0.1) is 0 Å². The lowest BCUT2D eigenvalue weighted by atomic mass is 10.2. The first-order valence-electron chi connectivity index (χ1n) is 4.15. The summed E-state index contributed by atoms with van der Waals surface area (Å²) in [6, 6.07) is 7.98. The largest absolute Gasteiger partial charge is 0.384 e. The van der Waals surface area contributed by atoms with Gasteiger partial charge in [-0.15, -0.1) is 24.0 Å². The zero-order chi connectivity index (χ0) is 9.84. The van der Waals surface area contributed by atoms with Gasteiger partial charge in [0, 0.05) is 33.8 Å². The smallest absolute Gasteiger partial charge is 0.125 e. The van der Waals surface area contributed by atoms with E-state index in [4.69, 9.17) is 5.73 Å². The summed E-state index contributed by atoms with van der Waals surface area (Å²) in [5.74, 6) is 0.573. The molecule has 1 aromatic rings. The van der Waals surface area contributed by atoms with Crippen LogP contribution in [0.2, 0.25) is 0 Å². The molecule has 2 N–H and O–H groups in total. The Morgan fingerprint density at radius 1 is 1.43 bits per heavy atom. The van der Waals surface area contributed by atoms with Gasteiger partial charge in [0.15, 0.2) is 0 Å². The standard InChI is InChI=1S/C10H15N3.HI.H2/c1-12-10(11)8-5-4-6-9(7-8)13(2)3;;/h4-7H,1-3H3,(H2,11,12);2*1H. The number of aliphatic imine (C=N–C) groups is 1. The highest BCUT2D eigenvalue weighted by Crippen LogP contribution is 2.12. The molecule has 1 aromatic carbocycles. The molecule has 14 heavy (non-hydrogen) atoms. The van der Waals surface area contributed by atoms with Gasteiger partial charge >= 0.3 is 0 Å². The van der Waals surface area contributed by atoms with Gasteiger partial charge in [0.05, 0.1) is 0 Å². The van der Waals surface area contributed by atoms with Crippen molar-refractivity contribution in [3.8, 4) is 0 Å². The van der Waals surface area contributed by atoms with Crippen LogP contribution in [-0.2, 0) is 0 Å². The van der Waals surface area contributed by atoms with Crippen molar-refractivity contribution >= 4 is 35.5 Å². The average Bonchev–Trinajstić information content (AvgIpc) is 2.17. The van der Waals surface area contributed by atoms with Gasteiger partial charge in [0.25, 0.3) is 0 Å². The highest BCUT2D eigenvalue weighted by atomic mass is 127. The molecular weight excluding hydrogens is 289 g/mol. The molecule has 0 heterocycles. The van der Waals surface area contributed by atoms with Crippen molar-refractivity contribution in [3.05, 3.63) is 29.8 Å². The van der Waals surface area contributed by atoms with Crippen LogP contribution in [-0.4, -0.2) is 27.0 Å². The molecule has 0 aromatic heterocycles. The maximum Gasteiger partial charge on any atom is 0.125 e. The summed E-state index contributed by atoms with van der Waals surface area (Å²) in [7, 11) is 5.69. The van der Waals surface area contributed by atoms with Crippen LogP contribution < -0.4 is 10.6 Å². The number of rotatable bonds is 2. The van der Waals surface area contributed by atoms with Crippen molar-refractivity contribution < 1.29 is 1.43 Å². The maximum absolute atomic E-state index is 5.69. The number of anilines is 1. The third-order valence-corrected chi connectivity index (χ3v) is 1.90. The van der Waals surface area contributed by atoms with E-state index in [1.54, 1.807) is 7.05 Å². The minimum absolute atomic E-state index is 0. The van der Waals surface area contributed by atoms with Crippen molar-refractivity contribution in [2.24, 2.45) is 10.7 Å². The number of hydrogen-bond acceptors (Lipinski definition) is 2. The lowest BCUT2D eigenvalue weighted by molar-refractivity contribution is 1.13. The highest BCUT2D eigenvalue weighted by Gasteiger charge is 1.99. The summed E-state index contributed by atoms with van der Waals surface area (Å²) < 4.78 is 0. The van der Waals surface area contributed by atoms with Gasteiger partial charge < -0.3 is 10.6 Å². The fourth-order valence-electron chi connectivity index (χ4n) is 1.07. The first-order chi connectivity index (χ1) is 6.15. The molecule has 0 saturated carbocycles. The lowest BCUT2D eigenvalue weighted by Crippen LogP contribution is -2.14. The summed E-state index contributed by atoms with van der Waals surface area (Å²) in [4.78, 5) is 5.97. The number of nitrogens with zero attached hydrogens (tertiary/aromatic N) is 2. The number of nitrogens with two attached hydrogens (primary N) is 1. The van der Waals surface area contributed by atoms with Gasteiger partial charge in [0.1, 0.15) is 5.84 Å². The van der Waals surface area contributed by atoms with Crippen LogP contribution in [0.4, 0.5) is 5.69 Å². The van der Waals surface area contributed by atoms with E-state index in [1.165, 1.54) is 0 Å². The molecule has 0 radical (unpaired) electrons. The first kappa shape index (κ1) is 13.2. The molecule has 1 rings (SSSR count). The van der Waals surface area contributed by atoms with Gasteiger partial charge in [-0.05, 0) is 12.1 Å². The summed E-state index contributed by atoms with van der Waals surface area (Å²) in [6.45, 7) is 0. The van der Waals surface area contributed by atoms with Crippen molar-refractivity contribution in [3.63, 3.8) is 0 Å². The lowest BCUT2D eigenvalue weighted by Gasteiger charge is -2.13. The second kappa shape index (κ2) is 5.85. The van der Waals surface area contributed by atoms with Gasteiger partial charge in [0.2, 0.25) is 0 Å². The molecule has 0 spiro atoms. The molecule has 0 fully saturated rings. The van der Waals surface area contributed by atoms with E-state index in [2.05, 4.69) is 4.99 Å². The molecule has 4 heteroatoms. The third-order valence-electron chi connectivity index (χ3n) is 1.90. The van der Waals surface area contributed by atoms with Crippen molar-refractivity contribution in [2.75, 3.05) is 26.0 Å². The quantitative estimate of drug-likeness (QED) is 0.515. The zero-order valence-electron chi connectivity index (χ0n) is 8.69. The summed E-state index contributed by atoms with van der Waals surface area (Å²) in [5.41, 5.74) is 7.79. The molecule has 0 bridgehead atoms. The van der Waals surface area contributed by atoms with Crippen molar-refractivity contribution in [1.82, 2.24) is 0 Å². The number of benzene rings is 1. The fraction of sp³-hybridized carbons (Fsp3) is 0.300. The van der Waals surface area contributed by atoms with Gasteiger partial charge in [-0.25, -0.2) is 0 Å². The van der Waals surface area contributed by atoms with Crippen LogP contribution in [0.25, 0.3) is 0 Å². The Kier molecular flexibility index (Phi) is 5.52. The fourth-order valence-corrected chi connectivity index (χ4v) is 1.07. The topological polar surface area (TPSA) is 41.6 Å². The molecule has 0 aliphatic heterocycles. The molecule has 3 nitrogen and oxygen atoms in total.